The van der Waals surface area contributed by atoms with E-state index in [1.54, 1.807) is 17.8 Å². The number of rotatable bonds is 7. The van der Waals surface area contributed by atoms with E-state index in [4.69, 9.17) is 4.98 Å². The summed E-state index contributed by atoms with van der Waals surface area (Å²) in [6.45, 7) is 8.01. The normalized spacial score (nSPS) is 12.1. The molecule has 3 nitrogen and oxygen atoms in total. The molecule has 116 valence electrons. The Morgan fingerprint density at radius 1 is 1.36 bits per heavy atom. The van der Waals surface area contributed by atoms with Gasteiger partial charge in [-0.1, -0.05) is 62.0 Å². The molecule has 1 aromatic heterocycles. The summed E-state index contributed by atoms with van der Waals surface area (Å²) in [5, 5.41) is 1.14. The van der Waals surface area contributed by atoms with Gasteiger partial charge in [-0.05, 0) is 18.4 Å². The number of thioether (sulfide) groups is 1. The van der Waals surface area contributed by atoms with Crippen LogP contribution >= 0.6 is 11.8 Å². The summed E-state index contributed by atoms with van der Waals surface area (Å²) in [5.41, 5.74) is 2.67. The highest BCUT2D eigenvalue weighted by molar-refractivity contribution is 7.99. The number of nitrogens with one attached hydrogen (secondary N) is 1. The van der Waals surface area contributed by atoms with Crippen LogP contribution in [0, 0.1) is 0 Å². The van der Waals surface area contributed by atoms with Crippen molar-refractivity contribution in [2.24, 2.45) is 0 Å². The van der Waals surface area contributed by atoms with Gasteiger partial charge in [0.05, 0.1) is 5.69 Å². The maximum atomic E-state index is 12.4. The van der Waals surface area contributed by atoms with E-state index in [0.717, 1.165) is 17.7 Å². The van der Waals surface area contributed by atoms with Crippen LogP contribution < -0.4 is 5.56 Å². The van der Waals surface area contributed by atoms with Crippen molar-refractivity contribution in [2.45, 2.75) is 43.5 Å². The van der Waals surface area contributed by atoms with Crippen LogP contribution in [0.25, 0.3) is 0 Å². The predicted molar refractivity (Wildman–Crippen MR) is 93.6 cm³/mol. The molecule has 0 saturated heterocycles. The van der Waals surface area contributed by atoms with Gasteiger partial charge >= 0.3 is 0 Å². The van der Waals surface area contributed by atoms with Gasteiger partial charge in [-0.2, -0.15) is 0 Å². The van der Waals surface area contributed by atoms with Crippen LogP contribution in [0.3, 0.4) is 0 Å². The van der Waals surface area contributed by atoms with Gasteiger partial charge in [-0.15, -0.1) is 6.58 Å². The number of allylic oxidation sites excluding steroid dienone is 1. The van der Waals surface area contributed by atoms with Crippen molar-refractivity contribution in [2.75, 3.05) is 0 Å². The average Bonchev–Trinajstić information content (AvgIpc) is 2.51. The number of H-pyrrole nitrogens is 1. The highest BCUT2D eigenvalue weighted by Crippen LogP contribution is 2.22. The Kier molecular flexibility index (Phi) is 6.01. The third-order valence-corrected chi connectivity index (χ3v) is 4.68. The van der Waals surface area contributed by atoms with Crippen LogP contribution in [0.5, 0.6) is 0 Å². The van der Waals surface area contributed by atoms with Crippen LogP contribution in [0.1, 0.15) is 37.1 Å². The van der Waals surface area contributed by atoms with Crippen molar-refractivity contribution in [3.8, 4) is 0 Å². The molecule has 0 aliphatic carbocycles. The summed E-state index contributed by atoms with van der Waals surface area (Å²) in [6, 6.07) is 10.1. The molecule has 0 fully saturated rings. The van der Waals surface area contributed by atoms with E-state index in [9.17, 15) is 4.79 Å². The first kappa shape index (κ1) is 16.6. The molecule has 0 amide bonds. The summed E-state index contributed by atoms with van der Waals surface area (Å²) in [6.07, 6.45) is 4.00. The number of nitrogens with zero attached hydrogens (tertiary/aromatic N) is 1. The monoisotopic (exact) mass is 314 g/mol. The molecule has 2 rings (SSSR count). The summed E-state index contributed by atoms with van der Waals surface area (Å²) in [5.74, 6) is 0. The van der Waals surface area contributed by atoms with Crippen LogP contribution in [-0.4, -0.2) is 15.2 Å². The standard InChI is InChI=1S/C18H22N2OS/c1-4-9-15-16(12-14-10-7-6-8-11-14)19-18(20-17(15)21)22-13(3)5-2/h4,6-8,10-11,13H,1,5,9,12H2,2-3H3,(H,19,20,21). The summed E-state index contributed by atoms with van der Waals surface area (Å²) < 4.78 is 0. The van der Waals surface area contributed by atoms with Crippen molar-refractivity contribution >= 4 is 11.8 Å². The molecule has 0 aliphatic rings. The Morgan fingerprint density at radius 2 is 2.09 bits per heavy atom. The Hall–Kier alpha value is -1.81. The highest BCUT2D eigenvalue weighted by Gasteiger charge is 2.13. The Bertz CT molecular complexity index is 679. The maximum Gasteiger partial charge on any atom is 0.255 e. The molecule has 1 atom stereocenters. The molecule has 0 bridgehead atoms. The fraction of sp³-hybridized carbons (Fsp3) is 0.333. The molecular formula is C18H22N2OS. The smallest absolute Gasteiger partial charge is 0.255 e. The van der Waals surface area contributed by atoms with Crippen molar-refractivity contribution in [1.82, 2.24) is 9.97 Å². The molecule has 0 spiro atoms. The molecule has 1 unspecified atom stereocenters. The van der Waals surface area contributed by atoms with Crippen molar-refractivity contribution in [3.63, 3.8) is 0 Å². The lowest BCUT2D eigenvalue weighted by Gasteiger charge is -2.11. The second-order valence-corrected chi connectivity index (χ2v) is 6.72. The molecule has 0 saturated carbocycles. The lowest BCUT2D eigenvalue weighted by Crippen LogP contribution is -2.19. The minimum atomic E-state index is -0.0494. The van der Waals surface area contributed by atoms with Gasteiger partial charge in [0.1, 0.15) is 0 Å². The summed E-state index contributed by atoms with van der Waals surface area (Å²) in [4.78, 5) is 19.9. The van der Waals surface area contributed by atoms with E-state index in [2.05, 4.69) is 37.5 Å². The molecule has 4 heteroatoms. The first-order chi connectivity index (χ1) is 10.6. The van der Waals surface area contributed by atoms with Gasteiger partial charge in [0, 0.05) is 17.2 Å². The quantitative estimate of drug-likeness (QED) is 0.478. The highest BCUT2D eigenvalue weighted by atomic mass is 32.2. The van der Waals surface area contributed by atoms with Gasteiger partial charge in [-0.25, -0.2) is 4.98 Å². The zero-order valence-corrected chi connectivity index (χ0v) is 14.0. The maximum absolute atomic E-state index is 12.4. The largest absolute Gasteiger partial charge is 0.301 e. The molecule has 0 radical (unpaired) electrons. The van der Waals surface area contributed by atoms with Crippen LogP contribution in [0.15, 0.2) is 52.9 Å². The van der Waals surface area contributed by atoms with E-state index in [1.807, 2.05) is 18.2 Å². The van der Waals surface area contributed by atoms with E-state index in [-0.39, 0.29) is 5.56 Å². The number of hydrogen-bond acceptors (Lipinski definition) is 3. The Balaban J connectivity index is 2.38. The fourth-order valence-electron chi connectivity index (χ4n) is 2.14. The zero-order chi connectivity index (χ0) is 15.9. The molecule has 0 aliphatic heterocycles. The first-order valence-corrected chi connectivity index (χ1v) is 8.45. The van der Waals surface area contributed by atoms with Crippen molar-refractivity contribution < 1.29 is 0 Å². The molecule has 2 aromatic rings. The van der Waals surface area contributed by atoms with Crippen molar-refractivity contribution in [1.29, 1.82) is 0 Å². The van der Waals surface area contributed by atoms with Crippen LogP contribution in [-0.2, 0) is 12.8 Å². The first-order valence-electron chi connectivity index (χ1n) is 7.57. The topological polar surface area (TPSA) is 45.8 Å². The molecule has 1 heterocycles. The SMILES string of the molecule is C=CCc1c(Cc2ccccc2)nc(SC(C)CC)[nH]c1=O. The number of hydrogen-bond donors (Lipinski definition) is 1. The van der Waals surface area contributed by atoms with E-state index in [0.29, 0.717) is 28.8 Å². The van der Waals surface area contributed by atoms with Gasteiger partial charge in [-0.3, -0.25) is 4.79 Å². The Labute approximate surface area is 135 Å². The number of aromatic nitrogens is 2. The second-order valence-electron chi connectivity index (χ2n) is 5.29. The lowest BCUT2D eigenvalue weighted by atomic mass is 10.0. The number of aromatic amines is 1. The van der Waals surface area contributed by atoms with Crippen molar-refractivity contribution in [3.05, 3.63) is 70.2 Å². The predicted octanol–water partition coefficient (Wildman–Crippen LogP) is 3.98. The lowest BCUT2D eigenvalue weighted by molar-refractivity contribution is 0.831. The third kappa shape index (κ3) is 4.34. The van der Waals surface area contributed by atoms with E-state index >= 15 is 0 Å². The van der Waals surface area contributed by atoms with Gasteiger partial charge in [0.2, 0.25) is 0 Å². The van der Waals surface area contributed by atoms with Gasteiger partial charge in [0.15, 0.2) is 5.16 Å². The molecule has 1 aromatic carbocycles. The van der Waals surface area contributed by atoms with Gasteiger partial charge < -0.3 is 4.98 Å². The molecule has 1 N–H and O–H groups in total. The third-order valence-electron chi connectivity index (χ3n) is 3.53. The summed E-state index contributed by atoms with van der Waals surface area (Å²) in [7, 11) is 0. The number of benzene rings is 1. The average molecular weight is 314 g/mol. The van der Waals surface area contributed by atoms with E-state index < -0.39 is 0 Å². The molecule has 22 heavy (non-hydrogen) atoms. The minimum absolute atomic E-state index is 0.0494. The van der Waals surface area contributed by atoms with Gasteiger partial charge in [0.25, 0.3) is 5.56 Å². The Morgan fingerprint density at radius 3 is 2.73 bits per heavy atom. The molecular weight excluding hydrogens is 292 g/mol. The fourth-order valence-corrected chi connectivity index (χ4v) is 3.00. The van der Waals surface area contributed by atoms with Crippen LogP contribution in [0.4, 0.5) is 0 Å². The van der Waals surface area contributed by atoms with E-state index in [1.165, 1.54) is 0 Å². The minimum Gasteiger partial charge on any atom is -0.301 e. The zero-order valence-electron chi connectivity index (χ0n) is 13.1. The van der Waals surface area contributed by atoms with Crippen LogP contribution in [0.2, 0.25) is 0 Å². The summed E-state index contributed by atoms with van der Waals surface area (Å²) >= 11 is 1.62. The second kappa shape index (κ2) is 7.99.